The first-order chi connectivity index (χ1) is 7.20. The fraction of sp³-hybridized carbons (Fsp3) is 0.917. The van der Waals surface area contributed by atoms with Crippen molar-refractivity contribution >= 4 is 5.97 Å². The number of esters is 1. The maximum absolute atomic E-state index is 11.4. The molecule has 0 aromatic heterocycles. The van der Waals surface area contributed by atoms with Crippen LogP contribution in [-0.4, -0.2) is 49.7 Å². The van der Waals surface area contributed by atoms with Crippen molar-refractivity contribution in [2.45, 2.75) is 45.8 Å². The molecule has 0 saturated carbocycles. The van der Waals surface area contributed by atoms with Crippen LogP contribution in [0, 0.1) is 0 Å². The average molecular weight is 230 g/mol. The first-order valence-corrected chi connectivity index (χ1v) is 5.80. The second-order valence-electron chi connectivity index (χ2n) is 5.46. The summed E-state index contributed by atoms with van der Waals surface area (Å²) in [4.78, 5) is 13.5. The first kappa shape index (κ1) is 15.4. The van der Waals surface area contributed by atoms with Crippen LogP contribution in [0.2, 0.25) is 0 Å². The van der Waals surface area contributed by atoms with Gasteiger partial charge in [0.15, 0.2) is 0 Å². The molecule has 0 heterocycles. The van der Waals surface area contributed by atoms with Crippen LogP contribution in [0.4, 0.5) is 0 Å². The summed E-state index contributed by atoms with van der Waals surface area (Å²) < 4.78 is 5.20. The monoisotopic (exact) mass is 230 g/mol. The molecule has 4 nitrogen and oxygen atoms in total. The summed E-state index contributed by atoms with van der Waals surface area (Å²) in [6.45, 7) is 9.00. The van der Waals surface area contributed by atoms with E-state index in [9.17, 15) is 4.79 Å². The molecule has 0 aliphatic carbocycles. The third kappa shape index (κ3) is 9.93. The van der Waals surface area contributed by atoms with Gasteiger partial charge in [-0.1, -0.05) is 0 Å². The summed E-state index contributed by atoms with van der Waals surface area (Å²) >= 11 is 0. The second-order valence-corrected chi connectivity index (χ2v) is 5.46. The SMILES string of the molecule is CC(CCN(C)C)NCC(=O)OC(C)(C)C. The van der Waals surface area contributed by atoms with Crippen molar-refractivity contribution in [3.05, 3.63) is 0 Å². The Balaban J connectivity index is 3.67. The Labute approximate surface area is 99.3 Å². The average Bonchev–Trinajstić information content (AvgIpc) is 2.08. The van der Waals surface area contributed by atoms with Crippen molar-refractivity contribution in [3.63, 3.8) is 0 Å². The second kappa shape index (κ2) is 6.86. The molecule has 0 aromatic rings. The lowest BCUT2D eigenvalue weighted by Crippen LogP contribution is -2.37. The molecule has 4 heteroatoms. The number of nitrogens with one attached hydrogen (secondary N) is 1. The lowest BCUT2D eigenvalue weighted by molar-refractivity contribution is -0.153. The van der Waals surface area contributed by atoms with Crippen molar-refractivity contribution < 1.29 is 9.53 Å². The topological polar surface area (TPSA) is 41.6 Å². The van der Waals surface area contributed by atoms with Crippen molar-refractivity contribution in [1.29, 1.82) is 0 Å². The maximum atomic E-state index is 11.4. The van der Waals surface area contributed by atoms with Crippen LogP contribution in [0.5, 0.6) is 0 Å². The largest absolute Gasteiger partial charge is 0.459 e. The van der Waals surface area contributed by atoms with Gasteiger partial charge in [0.05, 0.1) is 6.54 Å². The molecule has 0 amide bonds. The molecule has 0 aliphatic rings. The molecule has 0 bridgehead atoms. The zero-order valence-corrected chi connectivity index (χ0v) is 11.5. The zero-order chi connectivity index (χ0) is 12.8. The van der Waals surface area contributed by atoms with E-state index in [1.165, 1.54) is 0 Å². The minimum atomic E-state index is -0.397. The van der Waals surface area contributed by atoms with Crippen molar-refractivity contribution in [2.24, 2.45) is 0 Å². The Bertz CT molecular complexity index is 210. The Morgan fingerprint density at radius 1 is 1.38 bits per heavy atom. The normalized spacial score (nSPS) is 13.9. The number of rotatable bonds is 6. The quantitative estimate of drug-likeness (QED) is 0.698. The summed E-state index contributed by atoms with van der Waals surface area (Å²) in [5, 5.41) is 3.16. The lowest BCUT2D eigenvalue weighted by atomic mass is 10.2. The Hall–Kier alpha value is -0.610. The number of carbonyl (C=O) groups is 1. The van der Waals surface area contributed by atoms with E-state index in [-0.39, 0.29) is 12.5 Å². The van der Waals surface area contributed by atoms with Gasteiger partial charge in [-0.3, -0.25) is 4.79 Å². The number of ether oxygens (including phenoxy) is 1. The summed E-state index contributed by atoms with van der Waals surface area (Å²) in [5.41, 5.74) is -0.397. The third-order valence-corrected chi connectivity index (χ3v) is 2.02. The van der Waals surface area contributed by atoms with Crippen LogP contribution < -0.4 is 5.32 Å². The van der Waals surface area contributed by atoms with Crippen molar-refractivity contribution in [2.75, 3.05) is 27.2 Å². The van der Waals surface area contributed by atoms with Crippen molar-refractivity contribution in [3.8, 4) is 0 Å². The van der Waals surface area contributed by atoms with E-state index < -0.39 is 5.60 Å². The molecule has 0 saturated heterocycles. The van der Waals surface area contributed by atoms with Crippen LogP contribution in [0.1, 0.15) is 34.1 Å². The number of hydrogen-bond donors (Lipinski definition) is 1. The molecule has 0 aliphatic heterocycles. The zero-order valence-electron chi connectivity index (χ0n) is 11.5. The standard InChI is InChI=1S/C12H26N2O2/c1-10(7-8-14(5)6)13-9-11(15)16-12(2,3)4/h10,13H,7-9H2,1-6H3. The van der Waals surface area contributed by atoms with Gasteiger partial charge < -0.3 is 15.0 Å². The van der Waals surface area contributed by atoms with Gasteiger partial charge in [0.2, 0.25) is 0 Å². The molecule has 96 valence electrons. The fourth-order valence-electron chi connectivity index (χ4n) is 1.19. The maximum Gasteiger partial charge on any atom is 0.320 e. The van der Waals surface area contributed by atoms with E-state index in [0.717, 1.165) is 13.0 Å². The summed E-state index contributed by atoms with van der Waals surface area (Å²) in [7, 11) is 4.08. The number of hydrogen-bond acceptors (Lipinski definition) is 4. The summed E-state index contributed by atoms with van der Waals surface area (Å²) in [5.74, 6) is -0.191. The molecule has 1 atom stereocenters. The summed E-state index contributed by atoms with van der Waals surface area (Å²) in [6.07, 6.45) is 1.02. The molecular weight excluding hydrogens is 204 g/mol. The third-order valence-electron chi connectivity index (χ3n) is 2.02. The van der Waals surface area contributed by atoms with Gasteiger partial charge in [0, 0.05) is 6.04 Å². The van der Waals surface area contributed by atoms with Crippen LogP contribution >= 0.6 is 0 Å². The molecule has 0 fully saturated rings. The Morgan fingerprint density at radius 2 is 1.94 bits per heavy atom. The first-order valence-electron chi connectivity index (χ1n) is 5.80. The minimum Gasteiger partial charge on any atom is -0.459 e. The van der Waals surface area contributed by atoms with Crippen LogP contribution in [-0.2, 0) is 9.53 Å². The van der Waals surface area contributed by atoms with E-state index >= 15 is 0 Å². The molecule has 0 aromatic carbocycles. The summed E-state index contributed by atoms with van der Waals surface area (Å²) in [6, 6.07) is 0.329. The number of nitrogens with zero attached hydrogens (tertiary/aromatic N) is 1. The molecule has 0 spiro atoms. The van der Waals surface area contributed by atoms with Crippen molar-refractivity contribution in [1.82, 2.24) is 10.2 Å². The van der Waals surface area contributed by atoms with Crippen LogP contribution in [0.25, 0.3) is 0 Å². The van der Waals surface area contributed by atoms with Gasteiger partial charge in [-0.25, -0.2) is 0 Å². The molecular formula is C12H26N2O2. The highest BCUT2D eigenvalue weighted by molar-refractivity contribution is 5.72. The van der Waals surface area contributed by atoms with E-state index in [1.54, 1.807) is 0 Å². The minimum absolute atomic E-state index is 0.191. The van der Waals surface area contributed by atoms with E-state index in [4.69, 9.17) is 4.74 Å². The molecule has 16 heavy (non-hydrogen) atoms. The molecule has 0 radical (unpaired) electrons. The van der Waals surface area contributed by atoms with Gasteiger partial charge in [-0.2, -0.15) is 0 Å². The Morgan fingerprint density at radius 3 is 2.38 bits per heavy atom. The van der Waals surface area contributed by atoms with E-state index in [0.29, 0.717) is 6.04 Å². The van der Waals surface area contributed by atoms with Gasteiger partial charge in [-0.15, -0.1) is 0 Å². The van der Waals surface area contributed by atoms with E-state index in [2.05, 4.69) is 17.1 Å². The highest BCUT2D eigenvalue weighted by Gasteiger charge is 2.16. The smallest absolute Gasteiger partial charge is 0.320 e. The van der Waals surface area contributed by atoms with Crippen LogP contribution in [0.3, 0.4) is 0 Å². The Kier molecular flexibility index (Phi) is 6.60. The molecule has 0 rings (SSSR count). The van der Waals surface area contributed by atoms with Gasteiger partial charge >= 0.3 is 5.97 Å². The van der Waals surface area contributed by atoms with Gasteiger partial charge in [-0.05, 0) is 54.8 Å². The predicted octanol–water partition coefficient (Wildman–Crippen LogP) is 1.26. The lowest BCUT2D eigenvalue weighted by Gasteiger charge is -2.21. The highest BCUT2D eigenvalue weighted by atomic mass is 16.6. The molecule has 1 N–H and O–H groups in total. The predicted molar refractivity (Wildman–Crippen MR) is 66.5 cm³/mol. The van der Waals surface area contributed by atoms with Crippen LogP contribution in [0.15, 0.2) is 0 Å². The van der Waals surface area contributed by atoms with Gasteiger partial charge in [0.25, 0.3) is 0 Å². The molecule has 1 unspecified atom stereocenters. The van der Waals surface area contributed by atoms with E-state index in [1.807, 2.05) is 34.9 Å². The van der Waals surface area contributed by atoms with Gasteiger partial charge in [0.1, 0.15) is 5.60 Å². The number of carbonyl (C=O) groups excluding carboxylic acids is 1. The highest BCUT2D eigenvalue weighted by Crippen LogP contribution is 2.06. The fourth-order valence-corrected chi connectivity index (χ4v) is 1.19.